The first kappa shape index (κ1) is 15.0. The van der Waals surface area contributed by atoms with Crippen LogP contribution in [0.5, 0.6) is 5.75 Å². The maximum atomic E-state index is 11.6. The summed E-state index contributed by atoms with van der Waals surface area (Å²) in [7, 11) is 1.64. The first-order valence-electron chi connectivity index (χ1n) is 6.15. The zero-order valence-corrected chi connectivity index (χ0v) is 12.1. The normalized spacial score (nSPS) is 10.7. The SMILES string of the molecule is COc1cc(C)c(C(C)(C)NC(=O)CC#N)cc1C. The Balaban J connectivity index is 3.11. The summed E-state index contributed by atoms with van der Waals surface area (Å²) in [5.41, 5.74) is 2.57. The van der Waals surface area contributed by atoms with E-state index in [0.717, 1.165) is 22.4 Å². The molecule has 1 rings (SSSR count). The largest absolute Gasteiger partial charge is 0.496 e. The van der Waals surface area contributed by atoms with Crippen LogP contribution in [0.4, 0.5) is 0 Å². The van der Waals surface area contributed by atoms with Crippen LogP contribution in [0, 0.1) is 25.2 Å². The summed E-state index contributed by atoms with van der Waals surface area (Å²) in [5, 5.41) is 11.4. The van der Waals surface area contributed by atoms with Crippen molar-refractivity contribution in [3.05, 3.63) is 28.8 Å². The maximum Gasteiger partial charge on any atom is 0.234 e. The molecule has 0 aromatic heterocycles. The first-order valence-corrected chi connectivity index (χ1v) is 6.15. The van der Waals surface area contributed by atoms with Gasteiger partial charge in [0.15, 0.2) is 0 Å². The van der Waals surface area contributed by atoms with Crippen molar-refractivity contribution in [3.63, 3.8) is 0 Å². The second-order valence-electron chi connectivity index (χ2n) is 5.14. The number of rotatable bonds is 4. The molecular formula is C15H20N2O2. The van der Waals surface area contributed by atoms with Gasteiger partial charge in [-0.15, -0.1) is 0 Å². The molecule has 1 amide bonds. The van der Waals surface area contributed by atoms with Crippen LogP contribution in [0.25, 0.3) is 0 Å². The summed E-state index contributed by atoms with van der Waals surface area (Å²) >= 11 is 0. The summed E-state index contributed by atoms with van der Waals surface area (Å²) in [6.07, 6.45) is -0.127. The van der Waals surface area contributed by atoms with E-state index in [1.54, 1.807) is 7.11 Å². The Morgan fingerprint density at radius 2 is 2.00 bits per heavy atom. The third-order valence-electron chi connectivity index (χ3n) is 3.11. The van der Waals surface area contributed by atoms with Crippen LogP contribution in [0.2, 0.25) is 0 Å². The van der Waals surface area contributed by atoms with Crippen LogP contribution in [-0.4, -0.2) is 13.0 Å². The molecule has 0 aliphatic heterocycles. The van der Waals surface area contributed by atoms with E-state index in [-0.39, 0.29) is 12.3 Å². The second-order valence-corrected chi connectivity index (χ2v) is 5.14. The average Bonchev–Trinajstić information content (AvgIpc) is 2.30. The Morgan fingerprint density at radius 3 is 2.53 bits per heavy atom. The molecule has 0 saturated heterocycles. The Labute approximate surface area is 114 Å². The number of ether oxygens (including phenoxy) is 1. The third kappa shape index (κ3) is 3.47. The molecule has 0 aliphatic rings. The predicted octanol–water partition coefficient (Wildman–Crippen LogP) is 2.58. The fraction of sp³-hybridized carbons (Fsp3) is 0.467. The molecule has 0 bridgehead atoms. The highest BCUT2D eigenvalue weighted by Crippen LogP contribution is 2.29. The lowest BCUT2D eigenvalue weighted by Crippen LogP contribution is -2.41. The minimum atomic E-state index is -0.519. The van der Waals surface area contributed by atoms with Crippen LogP contribution < -0.4 is 10.1 Å². The molecule has 0 spiro atoms. The number of methoxy groups -OCH3 is 1. The number of hydrogen-bond acceptors (Lipinski definition) is 3. The van der Waals surface area contributed by atoms with E-state index >= 15 is 0 Å². The molecule has 0 unspecified atom stereocenters. The Morgan fingerprint density at radius 1 is 1.37 bits per heavy atom. The molecule has 0 radical (unpaired) electrons. The number of hydrogen-bond donors (Lipinski definition) is 1. The van der Waals surface area contributed by atoms with Crippen LogP contribution in [0.15, 0.2) is 12.1 Å². The highest BCUT2D eigenvalue weighted by atomic mass is 16.5. The van der Waals surface area contributed by atoms with Gasteiger partial charge in [0.2, 0.25) is 5.91 Å². The summed E-state index contributed by atoms with van der Waals surface area (Å²) in [4.78, 5) is 11.6. The standard InChI is InChI=1S/C15H20N2O2/c1-10-9-13(19-5)11(2)8-12(10)15(3,4)17-14(18)6-7-16/h8-9H,6H2,1-5H3,(H,17,18). The highest BCUT2D eigenvalue weighted by molar-refractivity contribution is 5.79. The Kier molecular flexibility index (Phi) is 4.55. The van der Waals surface area contributed by atoms with Crippen molar-refractivity contribution in [2.24, 2.45) is 0 Å². The number of nitriles is 1. The van der Waals surface area contributed by atoms with E-state index in [1.165, 1.54) is 0 Å². The molecular weight excluding hydrogens is 240 g/mol. The van der Waals surface area contributed by atoms with Gasteiger partial charge in [-0.05, 0) is 56.5 Å². The predicted molar refractivity (Wildman–Crippen MR) is 73.9 cm³/mol. The van der Waals surface area contributed by atoms with Gasteiger partial charge in [0.25, 0.3) is 0 Å². The van der Waals surface area contributed by atoms with Gasteiger partial charge in [-0.1, -0.05) is 0 Å². The van der Waals surface area contributed by atoms with Gasteiger partial charge in [-0.25, -0.2) is 0 Å². The highest BCUT2D eigenvalue weighted by Gasteiger charge is 2.25. The van der Waals surface area contributed by atoms with Gasteiger partial charge in [0.05, 0.1) is 18.7 Å². The fourth-order valence-corrected chi connectivity index (χ4v) is 2.21. The van der Waals surface area contributed by atoms with E-state index in [4.69, 9.17) is 10.00 Å². The summed E-state index contributed by atoms with van der Waals surface area (Å²) in [5.74, 6) is 0.570. The number of carbonyl (C=O) groups excluding carboxylic acids is 1. The molecule has 1 N–H and O–H groups in total. The lowest BCUT2D eigenvalue weighted by Gasteiger charge is -2.29. The minimum absolute atomic E-state index is 0.127. The van der Waals surface area contributed by atoms with E-state index in [9.17, 15) is 4.79 Å². The maximum absolute atomic E-state index is 11.6. The monoisotopic (exact) mass is 260 g/mol. The smallest absolute Gasteiger partial charge is 0.234 e. The molecule has 0 heterocycles. The third-order valence-corrected chi connectivity index (χ3v) is 3.11. The van der Waals surface area contributed by atoms with Crippen molar-refractivity contribution in [1.29, 1.82) is 5.26 Å². The molecule has 0 fully saturated rings. The van der Waals surface area contributed by atoms with Crippen LogP contribution in [-0.2, 0) is 10.3 Å². The molecule has 4 nitrogen and oxygen atoms in total. The van der Waals surface area contributed by atoms with E-state index in [1.807, 2.05) is 45.9 Å². The number of aryl methyl sites for hydroxylation is 2. The number of nitrogens with one attached hydrogen (secondary N) is 1. The van der Waals surface area contributed by atoms with Gasteiger partial charge in [0, 0.05) is 0 Å². The van der Waals surface area contributed by atoms with Gasteiger partial charge in [-0.2, -0.15) is 5.26 Å². The second kappa shape index (κ2) is 5.75. The number of nitrogens with zero attached hydrogens (tertiary/aromatic N) is 1. The zero-order chi connectivity index (χ0) is 14.6. The van der Waals surface area contributed by atoms with Crippen molar-refractivity contribution in [2.75, 3.05) is 7.11 Å². The van der Waals surface area contributed by atoms with Crippen molar-refractivity contribution in [3.8, 4) is 11.8 Å². The molecule has 1 aromatic rings. The zero-order valence-electron chi connectivity index (χ0n) is 12.1. The van der Waals surface area contributed by atoms with Gasteiger partial charge >= 0.3 is 0 Å². The molecule has 4 heteroatoms. The van der Waals surface area contributed by atoms with Crippen molar-refractivity contribution in [1.82, 2.24) is 5.32 Å². The van der Waals surface area contributed by atoms with Gasteiger partial charge < -0.3 is 10.1 Å². The molecule has 0 aliphatic carbocycles. The Bertz CT molecular complexity index is 528. The minimum Gasteiger partial charge on any atom is -0.496 e. The van der Waals surface area contributed by atoms with Crippen molar-refractivity contribution in [2.45, 2.75) is 39.7 Å². The lowest BCUT2D eigenvalue weighted by molar-refractivity contribution is -0.121. The van der Waals surface area contributed by atoms with Crippen LogP contribution in [0.3, 0.4) is 0 Å². The summed E-state index contributed by atoms with van der Waals surface area (Å²) < 4.78 is 5.28. The van der Waals surface area contributed by atoms with E-state index in [0.29, 0.717) is 0 Å². The molecule has 102 valence electrons. The van der Waals surface area contributed by atoms with Crippen molar-refractivity contribution < 1.29 is 9.53 Å². The quantitative estimate of drug-likeness (QED) is 0.905. The van der Waals surface area contributed by atoms with E-state index in [2.05, 4.69) is 5.32 Å². The van der Waals surface area contributed by atoms with Crippen LogP contribution >= 0.6 is 0 Å². The summed E-state index contributed by atoms with van der Waals surface area (Å²) in [6, 6.07) is 5.83. The molecule has 0 saturated carbocycles. The molecule has 0 atom stereocenters. The van der Waals surface area contributed by atoms with Crippen LogP contribution in [0.1, 0.15) is 37.0 Å². The number of benzene rings is 1. The molecule has 19 heavy (non-hydrogen) atoms. The average molecular weight is 260 g/mol. The Hall–Kier alpha value is -2.02. The lowest BCUT2D eigenvalue weighted by atomic mass is 9.88. The topological polar surface area (TPSA) is 62.1 Å². The fourth-order valence-electron chi connectivity index (χ4n) is 2.21. The molecule has 1 aromatic carbocycles. The van der Waals surface area contributed by atoms with Gasteiger partial charge in [0.1, 0.15) is 12.2 Å². The van der Waals surface area contributed by atoms with Crippen molar-refractivity contribution >= 4 is 5.91 Å². The first-order chi connectivity index (χ1) is 8.81. The van der Waals surface area contributed by atoms with Gasteiger partial charge in [-0.3, -0.25) is 4.79 Å². The number of carbonyl (C=O) groups is 1. The van der Waals surface area contributed by atoms with E-state index < -0.39 is 5.54 Å². The summed E-state index contributed by atoms with van der Waals surface area (Å²) in [6.45, 7) is 7.80. The number of amides is 1.